The fraction of sp³-hybridized carbons (Fsp3) is 0.586. The highest BCUT2D eigenvalue weighted by molar-refractivity contribution is 7.99. The standard InChI is InChI=1S/C29H40N4O9S/c1-7-8-9-13-33-24(16-39-22-12-10-11-17(2)14-22)31-32-29(33)43-28-25(30-18(3)34)27(41-21(6)37)26(40-20(5)36)23(42-28)15-38-19(4)35/h10-12,14,23,25-28H,7-9,13,15-16H2,1-6H3,(H,30,34)/t23-,25-,26+,27+,28+/m1/s1. The number of ether oxygens (including phenoxy) is 5. The first-order chi connectivity index (χ1) is 20.5. The third-order valence-corrected chi connectivity index (χ3v) is 7.58. The monoisotopic (exact) mass is 620 g/mol. The molecule has 2 aromatic rings. The number of nitrogens with zero attached hydrogens (tertiary/aromatic N) is 3. The molecule has 13 nitrogen and oxygen atoms in total. The molecule has 3 rings (SSSR count). The molecule has 0 spiro atoms. The fourth-order valence-electron chi connectivity index (χ4n) is 4.61. The molecule has 236 valence electrons. The molecule has 1 amide bonds. The number of nitrogens with one attached hydrogen (secondary N) is 1. The van der Waals surface area contributed by atoms with Crippen molar-refractivity contribution in [2.75, 3.05) is 6.61 Å². The zero-order valence-electron chi connectivity index (χ0n) is 25.4. The lowest BCUT2D eigenvalue weighted by Gasteiger charge is -2.44. The maximum absolute atomic E-state index is 12.3. The molecule has 1 aliphatic heterocycles. The van der Waals surface area contributed by atoms with Crippen LogP contribution in [0, 0.1) is 6.92 Å². The molecule has 1 fully saturated rings. The van der Waals surface area contributed by atoms with Gasteiger partial charge in [-0.05, 0) is 31.0 Å². The Kier molecular flexibility index (Phi) is 12.8. The summed E-state index contributed by atoms with van der Waals surface area (Å²) >= 11 is 1.16. The van der Waals surface area contributed by atoms with Gasteiger partial charge in [-0.3, -0.25) is 19.2 Å². The van der Waals surface area contributed by atoms with Crippen molar-refractivity contribution in [1.29, 1.82) is 0 Å². The van der Waals surface area contributed by atoms with E-state index < -0.39 is 53.6 Å². The van der Waals surface area contributed by atoms with Crippen LogP contribution >= 0.6 is 11.8 Å². The molecule has 43 heavy (non-hydrogen) atoms. The van der Waals surface area contributed by atoms with Crippen LogP contribution in [0.4, 0.5) is 0 Å². The number of unbranched alkanes of at least 4 members (excludes halogenated alkanes) is 2. The molecule has 14 heteroatoms. The van der Waals surface area contributed by atoms with Crippen LogP contribution in [-0.4, -0.2) is 75.0 Å². The van der Waals surface area contributed by atoms with E-state index in [-0.39, 0.29) is 13.2 Å². The first-order valence-corrected chi connectivity index (χ1v) is 15.0. The van der Waals surface area contributed by atoms with Crippen LogP contribution in [-0.2, 0) is 51.3 Å². The molecule has 0 saturated carbocycles. The lowest BCUT2D eigenvalue weighted by molar-refractivity contribution is -0.211. The number of thioether (sulfide) groups is 1. The Morgan fingerprint density at radius 2 is 1.72 bits per heavy atom. The summed E-state index contributed by atoms with van der Waals surface area (Å²) in [5, 5.41) is 12.1. The van der Waals surface area contributed by atoms with Crippen molar-refractivity contribution in [3.63, 3.8) is 0 Å². The highest BCUT2D eigenvalue weighted by Gasteiger charge is 2.51. The lowest BCUT2D eigenvalue weighted by Crippen LogP contribution is -2.65. The first-order valence-electron chi connectivity index (χ1n) is 14.2. The second kappa shape index (κ2) is 16.3. The van der Waals surface area contributed by atoms with Crippen LogP contribution in [0.3, 0.4) is 0 Å². The van der Waals surface area contributed by atoms with Crippen LogP contribution in [0.5, 0.6) is 5.75 Å². The molecule has 1 saturated heterocycles. The molecule has 1 aromatic heterocycles. The number of esters is 3. The number of carbonyl (C=O) groups is 4. The molecule has 0 aliphatic carbocycles. The van der Waals surface area contributed by atoms with Crippen molar-refractivity contribution in [2.24, 2.45) is 0 Å². The van der Waals surface area contributed by atoms with Gasteiger partial charge < -0.3 is 33.6 Å². The summed E-state index contributed by atoms with van der Waals surface area (Å²) in [5.41, 5.74) is 0.162. The predicted octanol–water partition coefficient (Wildman–Crippen LogP) is 3.10. The van der Waals surface area contributed by atoms with Crippen LogP contribution in [0.15, 0.2) is 29.4 Å². The van der Waals surface area contributed by atoms with Gasteiger partial charge >= 0.3 is 17.9 Å². The fourth-order valence-corrected chi connectivity index (χ4v) is 5.79. The first kappa shape index (κ1) is 33.8. The van der Waals surface area contributed by atoms with Gasteiger partial charge in [-0.15, -0.1) is 10.2 Å². The van der Waals surface area contributed by atoms with Crippen LogP contribution < -0.4 is 10.1 Å². The molecule has 1 N–H and O–H groups in total. The van der Waals surface area contributed by atoms with Gasteiger partial charge in [-0.1, -0.05) is 43.7 Å². The minimum atomic E-state index is -1.17. The maximum Gasteiger partial charge on any atom is 0.303 e. The third kappa shape index (κ3) is 10.2. The summed E-state index contributed by atoms with van der Waals surface area (Å²) in [6, 6.07) is 6.73. The summed E-state index contributed by atoms with van der Waals surface area (Å²) in [4.78, 5) is 48.2. The van der Waals surface area contributed by atoms with E-state index in [1.54, 1.807) is 0 Å². The van der Waals surface area contributed by atoms with Crippen LogP contribution in [0.1, 0.15) is 65.3 Å². The third-order valence-electron chi connectivity index (χ3n) is 6.43. The van der Waals surface area contributed by atoms with Crippen molar-refractivity contribution >= 4 is 35.6 Å². The molecule has 2 heterocycles. The van der Waals surface area contributed by atoms with Gasteiger partial charge in [0, 0.05) is 34.2 Å². The average Bonchev–Trinajstić information content (AvgIpc) is 3.30. The molecule has 0 bridgehead atoms. The molecule has 5 atom stereocenters. The second-order valence-electron chi connectivity index (χ2n) is 10.2. The zero-order valence-corrected chi connectivity index (χ0v) is 26.2. The van der Waals surface area contributed by atoms with Gasteiger partial charge in [0.05, 0.1) is 0 Å². The Bertz CT molecular complexity index is 1270. The van der Waals surface area contributed by atoms with Gasteiger partial charge in [-0.25, -0.2) is 0 Å². The van der Waals surface area contributed by atoms with Gasteiger partial charge in [-0.2, -0.15) is 0 Å². The van der Waals surface area contributed by atoms with Crippen molar-refractivity contribution in [1.82, 2.24) is 20.1 Å². The summed E-state index contributed by atoms with van der Waals surface area (Å²) in [5.74, 6) is -1.03. The lowest BCUT2D eigenvalue weighted by atomic mass is 9.97. The maximum atomic E-state index is 12.3. The van der Waals surface area contributed by atoms with E-state index in [1.165, 1.54) is 27.7 Å². The number of rotatable bonds is 14. The molecular weight excluding hydrogens is 580 g/mol. The van der Waals surface area contributed by atoms with Crippen molar-refractivity contribution in [3.05, 3.63) is 35.7 Å². The summed E-state index contributed by atoms with van der Waals surface area (Å²) in [6.45, 7) is 9.53. The number of aromatic nitrogens is 3. The van der Waals surface area contributed by atoms with Crippen molar-refractivity contribution in [2.45, 2.75) is 109 Å². The Balaban J connectivity index is 1.97. The van der Waals surface area contributed by atoms with Gasteiger partial charge in [0.25, 0.3) is 0 Å². The van der Waals surface area contributed by atoms with Crippen LogP contribution in [0.25, 0.3) is 0 Å². The Labute approximate surface area is 255 Å². The van der Waals surface area contributed by atoms with E-state index in [1.807, 2.05) is 35.8 Å². The topological polar surface area (TPSA) is 157 Å². The molecule has 1 aliphatic rings. The highest BCUT2D eigenvalue weighted by Crippen LogP contribution is 2.36. The second-order valence-corrected chi connectivity index (χ2v) is 11.3. The van der Waals surface area contributed by atoms with E-state index in [9.17, 15) is 19.2 Å². The smallest absolute Gasteiger partial charge is 0.303 e. The normalized spacial score (nSPS) is 21.5. The summed E-state index contributed by atoms with van der Waals surface area (Å²) in [6.07, 6.45) is -0.485. The number of amides is 1. The molecule has 1 aromatic carbocycles. The predicted molar refractivity (Wildman–Crippen MR) is 155 cm³/mol. The van der Waals surface area contributed by atoms with E-state index in [0.717, 1.165) is 36.6 Å². The van der Waals surface area contributed by atoms with Crippen molar-refractivity contribution in [3.8, 4) is 5.75 Å². The van der Waals surface area contributed by atoms with E-state index in [2.05, 4.69) is 22.4 Å². The minimum absolute atomic E-state index is 0.170. The zero-order chi connectivity index (χ0) is 31.5. The van der Waals surface area contributed by atoms with Gasteiger partial charge in [0.2, 0.25) is 5.91 Å². The Hall–Kier alpha value is -3.65. The minimum Gasteiger partial charge on any atom is -0.486 e. The Morgan fingerprint density at radius 3 is 2.35 bits per heavy atom. The van der Waals surface area contributed by atoms with E-state index in [4.69, 9.17) is 23.7 Å². The van der Waals surface area contributed by atoms with Gasteiger partial charge in [0.15, 0.2) is 23.2 Å². The SMILES string of the molecule is CCCCCn1c(COc2cccc(C)c2)nnc1S[C@@H]1O[C@H](COC(C)=O)[C@H](OC(C)=O)[C@@H](OC(C)=O)[C@H]1NC(C)=O. The Morgan fingerprint density at radius 1 is 1.00 bits per heavy atom. The van der Waals surface area contributed by atoms with E-state index in [0.29, 0.717) is 23.3 Å². The highest BCUT2D eigenvalue weighted by atomic mass is 32.2. The van der Waals surface area contributed by atoms with E-state index >= 15 is 0 Å². The number of benzene rings is 1. The van der Waals surface area contributed by atoms with Crippen molar-refractivity contribution < 1.29 is 42.9 Å². The quantitative estimate of drug-likeness (QED) is 0.187. The summed E-state index contributed by atoms with van der Waals surface area (Å²) in [7, 11) is 0. The molecule has 0 unspecified atom stereocenters. The summed E-state index contributed by atoms with van der Waals surface area (Å²) < 4.78 is 30.5. The molecular formula is C29H40N4O9S. The number of aryl methyl sites for hydroxylation is 1. The number of carbonyl (C=O) groups excluding carboxylic acids is 4. The number of hydrogen-bond donors (Lipinski definition) is 1. The largest absolute Gasteiger partial charge is 0.486 e. The van der Waals surface area contributed by atoms with Gasteiger partial charge in [0.1, 0.15) is 36.5 Å². The van der Waals surface area contributed by atoms with Crippen LogP contribution in [0.2, 0.25) is 0 Å². The number of hydrogen-bond acceptors (Lipinski definition) is 12. The average molecular weight is 621 g/mol. The molecule has 0 radical (unpaired) electrons.